The lowest BCUT2D eigenvalue weighted by Crippen LogP contribution is -2.64. The first-order valence-electron chi connectivity index (χ1n) is 8.13. The van der Waals surface area contributed by atoms with E-state index in [2.05, 4.69) is 19.9 Å². The second kappa shape index (κ2) is 4.34. The Morgan fingerprint density at radius 2 is 2.27 bits per heavy atom. The first-order chi connectivity index (χ1) is 10.3. The van der Waals surface area contributed by atoms with Gasteiger partial charge in [-0.15, -0.1) is 0 Å². The molecule has 5 nitrogen and oxygen atoms in total. The minimum Gasteiger partial charge on any atom is -0.465 e. The van der Waals surface area contributed by atoms with Crippen molar-refractivity contribution in [3.63, 3.8) is 0 Å². The number of carbonyl (C=O) groups excluding carboxylic acids is 1. The van der Waals surface area contributed by atoms with Crippen LogP contribution < -0.4 is 0 Å². The van der Waals surface area contributed by atoms with Gasteiger partial charge in [-0.25, -0.2) is 0 Å². The average Bonchev–Trinajstić information content (AvgIpc) is 3.21. The molecule has 1 unspecified atom stereocenters. The summed E-state index contributed by atoms with van der Waals surface area (Å²) in [5, 5.41) is 10.5. The van der Waals surface area contributed by atoms with E-state index >= 15 is 0 Å². The molecule has 0 radical (unpaired) electrons. The van der Waals surface area contributed by atoms with Gasteiger partial charge in [0, 0.05) is 17.8 Å². The summed E-state index contributed by atoms with van der Waals surface area (Å²) in [6.07, 6.45) is 3.76. The lowest BCUT2D eigenvalue weighted by atomic mass is 9.52. The van der Waals surface area contributed by atoms with Gasteiger partial charge in [0.05, 0.1) is 18.8 Å². The third kappa shape index (κ3) is 1.57. The minimum absolute atomic E-state index is 0.123. The number of hydrogen-bond donors (Lipinski definition) is 1. The second-order valence-electron chi connectivity index (χ2n) is 7.71. The molecule has 2 bridgehead atoms. The maximum absolute atomic E-state index is 11.4. The zero-order valence-corrected chi connectivity index (χ0v) is 13.4. The van der Waals surface area contributed by atoms with Gasteiger partial charge in [0.25, 0.3) is 0 Å². The van der Waals surface area contributed by atoms with Crippen molar-refractivity contribution in [3.05, 3.63) is 11.6 Å². The molecule has 0 aromatic carbocycles. The molecule has 22 heavy (non-hydrogen) atoms. The highest BCUT2D eigenvalue weighted by Gasteiger charge is 2.81. The highest BCUT2D eigenvalue weighted by atomic mass is 16.6. The van der Waals surface area contributed by atoms with E-state index in [0.717, 1.165) is 12.8 Å². The van der Waals surface area contributed by atoms with Crippen molar-refractivity contribution < 1.29 is 24.1 Å². The monoisotopic (exact) mass is 308 g/mol. The Hall–Kier alpha value is -0.910. The standard InChI is InChI=1S/C17H24O5/c1-10-4-5-16(8-20-11(2)18)13(6-10)22-14-12(19)7-15(16,3)17(14)9-21-17/h6,12-14,19H,4-5,7-9H2,1-3H3/t12?,13-,14-,15-,16-,17-/m1/s1. The molecule has 0 amide bonds. The number of ether oxygens (including phenoxy) is 3. The van der Waals surface area contributed by atoms with E-state index in [9.17, 15) is 9.90 Å². The molecular weight excluding hydrogens is 284 g/mol. The number of epoxide rings is 1. The van der Waals surface area contributed by atoms with Crippen molar-refractivity contribution >= 4 is 5.97 Å². The van der Waals surface area contributed by atoms with Crippen LogP contribution >= 0.6 is 0 Å². The van der Waals surface area contributed by atoms with Crippen LogP contribution in [0.2, 0.25) is 0 Å². The third-order valence-corrected chi connectivity index (χ3v) is 6.69. The van der Waals surface area contributed by atoms with Crippen LogP contribution in [0.25, 0.3) is 0 Å². The molecule has 2 aliphatic carbocycles. The van der Waals surface area contributed by atoms with Gasteiger partial charge in [-0.3, -0.25) is 4.79 Å². The van der Waals surface area contributed by atoms with E-state index in [4.69, 9.17) is 14.2 Å². The van der Waals surface area contributed by atoms with Crippen LogP contribution in [-0.2, 0) is 19.0 Å². The summed E-state index contributed by atoms with van der Waals surface area (Å²) < 4.78 is 17.6. The van der Waals surface area contributed by atoms with Gasteiger partial charge < -0.3 is 19.3 Å². The Bertz CT molecular complexity index is 551. The first-order valence-corrected chi connectivity index (χ1v) is 8.13. The Morgan fingerprint density at radius 1 is 1.55 bits per heavy atom. The van der Waals surface area contributed by atoms with E-state index in [1.807, 2.05) is 0 Å². The smallest absolute Gasteiger partial charge is 0.302 e. The van der Waals surface area contributed by atoms with E-state index in [1.165, 1.54) is 12.5 Å². The van der Waals surface area contributed by atoms with Gasteiger partial charge in [0.2, 0.25) is 0 Å². The van der Waals surface area contributed by atoms with Crippen LogP contribution in [0, 0.1) is 10.8 Å². The Balaban J connectivity index is 1.80. The third-order valence-electron chi connectivity index (χ3n) is 6.69. The van der Waals surface area contributed by atoms with Crippen molar-refractivity contribution in [2.75, 3.05) is 13.2 Å². The average molecular weight is 308 g/mol. The van der Waals surface area contributed by atoms with E-state index in [-0.39, 0.29) is 29.0 Å². The van der Waals surface area contributed by atoms with Crippen molar-refractivity contribution in [1.29, 1.82) is 0 Å². The fourth-order valence-corrected chi connectivity index (χ4v) is 5.23. The number of aliphatic hydroxyl groups is 1. The zero-order valence-electron chi connectivity index (χ0n) is 13.4. The fourth-order valence-electron chi connectivity index (χ4n) is 5.23. The highest BCUT2D eigenvalue weighted by molar-refractivity contribution is 5.66. The molecule has 1 N–H and O–H groups in total. The van der Waals surface area contributed by atoms with Gasteiger partial charge in [-0.2, -0.15) is 0 Å². The molecule has 5 heteroatoms. The van der Waals surface area contributed by atoms with Crippen LogP contribution in [0.1, 0.15) is 40.0 Å². The summed E-state index contributed by atoms with van der Waals surface area (Å²) in [6, 6.07) is 0. The molecule has 0 aromatic heterocycles. The van der Waals surface area contributed by atoms with Crippen LogP contribution in [-0.4, -0.2) is 48.2 Å². The summed E-state index contributed by atoms with van der Waals surface area (Å²) in [6.45, 7) is 6.70. The zero-order chi connectivity index (χ0) is 15.8. The lowest BCUT2D eigenvalue weighted by Gasteiger charge is -2.57. The molecule has 0 aromatic rings. The van der Waals surface area contributed by atoms with Crippen LogP contribution in [0.15, 0.2) is 11.6 Å². The fraction of sp³-hybridized carbons (Fsp3) is 0.824. The van der Waals surface area contributed by atoms with Gasteiger partial charge >= 0.3 is 5.97 Å². The maximum atomic E-state index is 11.4. The van der Waals surface area contributed by atoms with Gasteiger partial charge in [-0.1, -0.05) is 18.6 Å². The topological polar surface area (TPSA) is 68.3 Å². The van der Waals surface area contributed by atoms with Crippen molar-refractivity contribution in [2.24, 2.45) is 10.8 Å². The van der Waals surface area contributed by atoms with Gasteiger partial charge in [-0.05, 0) is 26.2 Å². The number of aliphatic hydroxyl groups excluding tert-OH is 1. The summed E-state index contributed by atoms with van der Waals surface area (Å²) in [5.41, 5.74) is 0.346. The first kappa shape index (κ1) is 14.7. The summed E-state index contributed by atoms with van der Waals surface area (Å²) in [5.74, 6) is -0.269. The normalized spacial score (nSPS) is 52.2. The molecule has 1 spiro atoms. The van der Waals surface area contributed by atoms with E-state index in [0.29, 0.717) is 19.6 Å². The number of allylic oxidation sites excluding steroid dienone is 1. The second-order valence-corrected chi connectivity index (χ2v) is 7.71. The predicted octanol–water partition coefficient (Wildman–Crippen LogP) is 1.58. The number of fused-ring (bicyclic) bond motifs is 2. The predicted molar refractivity (Wildman–Crippen MR) is 78.1 cm³/mol. The molecule has 4 aliphatic rings. The molecular formula is C17H24O5. The molecule has 2 aliphatic heterocycles. The van der Waals surface area contributed by atoms with E-state index < -0.39 is 11.7 Å². The Labute approximate surface area is 130 Å². The Kier molecular flexibility index (Phi) is 2.89. The number of rotatable bonds is 2. The summed E-state index contributed by atoms with van der Waals surface area (Å²) in [4.78, 5) is 11.4. The number of carbonyl (C=O) groups is 1. The SMILES string of the molecule is CC(=O)OC[C@]12CCC(C)=C[C@H]1O[C@@H]1C(O)C[C@@]2(C)[C@@]12CO2. The van der Waals surface area contributed by atoms with Crippen molar-refractivity contribution in [3.8, 4) is 0 Å². The molecule has 1 saturated carbocycles. The summed E-state index contributed by atoms with van der Waals surface area (Å²) >= 11 is 0. The van der Waals surface area contributed by atoms with Crippen molar-refractivity contribution in [1.82, 2.24) is 0 Å². The van der Waals surface area contributed by atoms with Gasteiger partial charge in [0.1, 0.15) is 18.3 Å². The van der Waals surface area contributed by atoms with Gasteiger partial charge in [0.15, 0.2) is 0 Å². The Morgan fingerprint density at radius 3 is 2.91 bits per heavy atom. The summed E-state index contributed by atoms with van der Waals surface area (Å²) in [7, 11) is 0. The molecule has 4 rings (SSSR count). The molecule has 2 heterocycles. The lowest BCUT2D eigenvalue weighted by molar-refractivity contribution is -0.221. The molecule has 122 valence electrons. The van der Waals surface area contributed by atoms with Crippen molar-refractivity contribution in [2.45, 2.75) is 63.9 Å². The largest absolute Gasteiger partial charge is 0.465 e. The minimum atomic E-state index is -0.513. The highest BCUT2D eigenvalue weighted by Crippen LogP contribution is 2.71. The van der Waals surface area contributed by atoms with E-state index in [1.54, 1.807) is 0 Å². The van der Waals surface area contributed by atoms with Crippen LogP contribution in [0.5, 0.6) is 0 Å². The number of esters is 1. The maximum Gasteiger partial charge on any atom is 0.302 e. The van der Waals surface area contributed by atoms with Crippen LogP contribution in [0.4, 0.5) is 0 Å². The quantitative estimate of drug-likeness (QED) is 0.476. The van der Waals surface area contributed by atoms with Crippen LogP contribution in [0.3, 0.4) is 0 Å². The molecule has 2 saturated heterocycles. The number of hydrogen-bond acceptors (Lipinski definition) is 5. The molecule has 6 atom stereocenters. The molecule has 3 fully saturated rings.